The molecule has 3 nitrogen and oxygen atoms in total. The lowest BCUT2D eigenvalue weighted by Gasteiger charge is -1.89. The van der Waals surface area contributed by atoms with Gasteiger partial charge in [-0.1, -0.05) is 42.5 Å². The van der Waals surface area contributed by atoms with Crippen LogP contribution in [0.15, 0.2) is 79.3 Å². The van der Waals surface area contributed by atoms with E-state index in [-0.39, 0.29) is 0 Å². The first-order chi connectivity index (χ1) is 10.9. The molecule has 0 unspecified atom stereocenters. The van der Waals surface area contributed by atoms with Crippen LogP contribution < -0.4 is 0 Å². The highest BCUT2D eigenvalue weighted by molar-refractivity contribution is 6.07. The second-order valence-corrected chi connectivity index (χ2v) is 5.04. The molecular weight excluding hydrogens is 270 g/mol. The van der Waals surface area contributed by atoms with Crippen LogP contribution in [0.1, 0.15) is 0 Å². The first-order valence-electron chi connectivity index (χ1n) is 7.13. The average molecular weight is 283 g/mol. The normalized spacial score (nSPS) is 10.7. The number of fused-ring (bicyclic) bond motifs is 4. The van der Waals surface area contributed by atoms with Gasteiger partial charge in [0.2, 0.25) is 0 Å². The van der Waals surface area contributed by atoms with Crippen molar-refractivity contribution in [2.75, 3.05) is 0 Å². The third kappa shape index (κ3) is 2.44. The molecule has 0 spiro atoms. The van der Waals surface area contributed by atoms with Crippen LogP contribution in [-0.2, 0) is 0 Å². The Morgan fingerprint density at radius 2 is 1.41 bits per heavy atom. The minimum absolute atomic E-state index is 0.887. The van der Waals surface area contributed by atoms with Crippen molar-refractivity contribution in [3.05, 3.63) is 79.3 Å². The number of rotatable bonds is 0. The van der Waals surface area contributed by atoms with Gasteiger partial charge in [-0.05, 0) is 29.0 Å². The summed E-state index contributed by atoms with van der Waals surface area (Å²) in [6.07, 6.45) is 5.50. The Hall–Kier alpha value is -3.07. The molecule has 0 fully saturated rings. The number of benzene rings is 2. The Morgan fingerprint density at radius 1 is 0.636 bits per heavy atom. The van der Waals surface area contributed by atoms with Crippen LogP contribution in [0.5, 0.6) is 0 Å². The van der Waals surface area contributed by atoms with Crippen molar-refractivity contribution in [2.45, 2.75) is 0 Å². The Bertz CT molecular complexity index is 1040. The number of nitrogens with zero attached hydrogens (tertiary/aromatic N) is 3. The second kappa shape index (κ2) is 5.37. The highest BCUT2D eigenvalue weighted by Gasteiger charge is 2.07. The average Bonchev–Trinajstić information content (AvgIpc) is 3.32. The van der Waals surface area contributed by atoms with Crippen LogP contribution in [0.3, 0.4) is 0 Å². The number of hydrogen-bond donors (Lipinski definition) is 0. The van der Waals surface area contributed by atoms with Gasteiger partial charge in [0.1, 0.15) is 5.52 Å². The predicted molar refractivity (Wildman–Crippen MR) is 90.0 cm³/mol. The van der Waals surface area contributed by atoms with Crippen LogP contribution in [-0.4, -0.2) is 15.0 Å². The quantitative estimate of drug-likeness (QED) is 0.478. The lowest BCUT2D eigenvalue weighted by molar-refractivity contribution is 1.39. The summed E-state index contributed by atoms with van der Waals surface area (Å²) >= 11 is 0. The van der Waals surface area contributed by atoms with Gasteiger partial charge in [0, 0.05) is 24.0 Å². The second-order valence-electron chi connectivity index (χ2n) is 5.04. The molecule has 0 radical (unpaired) electrons. The highest BCUT2D eigenvalue weighted by atomic mass is 14.8. The minimum Gasteiger partial charge on any atom is -0.263 e. The Labute approximate surface area is 127 Å². The molecule has 0 bridgehead atoms. The first kappa shape index (κ1) is 12.7. The zero-order valence-electron chi connectivity index (χ0n) is 11.8. The van der Waals surface area contributed by atoms with E-state index >= 15 is 0 Å². The monoisotopic (exact) mass is 283 g/mol. The molecule has 0 saturated carbocycles. The molecule has 22 heavy (non-hydrogen) atoms. The summed E-state index contributed by atoms with van der Waals surface area (Å²) in [5, 5.41) is 3.19. The molecule has 4 rings (SSSR count). The summed E-state index contributed by atoms with van der Waals surface area (Å²) in [6.45, 7) is 0. The molecule has 0 N–H and O–H groups in total. The first-order valence-corrected chi connectivity index (χ1v) is 7.13. The van der Waals surface area contributed by atoms with E-state index in [1.54, 1.807) is 6.20 Å². The van der Waals surface area contributed by atoms with Gasteiger partial charge in [-0.25, -0.2) is 4.98 Å². The maximum absolute atomic E-state index is 4.48. The summed E-state index contributed by atoms with van der Waals surface area (Å²) in [6, 6.07) is 20.1. The van der Waals surface area contributed by atoms with Crippen LogP contribution in [0.4, 0.5) is 0 Å². The molecule has 4 aromatic rings. The van der Waals surface area contributed by atoms with Crippen molar-refractivity contribution in [3.63, 3.8) is 0 Å². The van der Waals surface area contributed by atoms with Crippen molar-refractivity contribution in [3.8, 4) is 0 Å². The van der Waals surface area contributed by atoms with Crippen LogP contribution in [0.25, 0.3) is 32.7 Å². The molecule has 2 aromatic heterocycles. The lowest BCUT2D eigenvalue weighted by Crippen LogP contribution is -1.71. The van der Waals surface area contributed by atoms with Crippen molar-refractivity contribution in [2.24, 2.45) is 0 Å². The molecule has 0 aliphatic carbocycles. The summed E-state index contributed by atoms with van der Waals surface area (Å²) in [4.78, 5) is 13.3. The fourth-order valence-electron chi connectivity index (χ4n) is 2.38. The molecule has 0 saturated heterocycles. The zero-order valence-corrected chi connectivity index (χ0v) is 11.8. The molecule has 2 heterocycles. The smallest absolute Gasteiger partial charge is 0.100 e. The molecule has 2 aromatic carbocycles. The fraction of sp³-hybridized carbons (Fsp3) is 0. The van der Waals surface area contributed by atoms with E-state index < -0.39 is 0 Å². The predicted octanol–water partition coefficient (Wildman–Crippen LogP) is 4.46. The Kier molecular flexibility index (Phi) is 3.09. The standard InChI is InChI=1S/C19H13N3/c1-2-6-14-7-3-4-8-15(14)12-20-13-16-17(21-11-5-1)9-10-18-19(16)22-18/h1-13H. The summed E-state index contributed by atoms with van der Waals surface area (Å²) in [5.41, 5.74) is 2.91. The van der Waals surface area contributed by atoms with Gasteiger partial charge in [0.05, 0.1) is 11.0 Å². The van der Waals surface area contributed by atoms with E-state index in [0.717, 1.165) is 32.7 Å². The molecule has 0 aliphatic rings. The van der Waals surface area contributed by atoms with Crippen LogP contribution in [0, 0.1) is 0 Å². The lowest BCUT2D eigenvalue weighted by atomic mass is 10.2. The largest absolute Gasteiger partial charge is 0.263 e. The van der Waals surface area contributed by atoms with E-state index in [9.17, 15) is 0 Å². The van der Waals surface area contributed by atoms with Crippen molar-refractivity contribution in [1.82, 2.24) is 15.0 Å². The van der Waals surface area contributed by atoms with Gasteiger partial charge in [0.15, 0.2) is 0 Å². The SMILES string of the molecule is c1ccnc2ccc3nc3c2cncc2ccccc2cc1. The Morgan fingerprint density at radius 3 is 2.32 bits per heavy atom. The van der Waals surface area contributed by atoms with Crippen molar-refractivity contribution < 1.29 is 0 Å². The Balaban J connectivity index is 2.07. The fourth-order valence-corrected chi connectivity index (χ4v) is 2.38. The van der Waals surface area contributed by atoms with Gasteiger partial charge < -0.3 is 0 Å². The summed E-state index contributed by atoms with van der Waals surface area (Å²) in [5.74, 6) is 0. The molecule has 0 atom stereocenters. The highest BCUT2D eigenvalue weighted by Crippen LogP contribution is 2.25. The van der Waals surface area contributed by atoms with Gasteiger partial charge in [-0.2, -0.15) is 0 Å². The van der Waals surface area contributed by atoms with E-state index in [0.29, 0.717) is 0 Å². The molecule has 104 valence electrons. The maximum atomic E-state index is 4.48. The molecule has 3 heteroatoms. The zero-order chi connectivity index (χ0) is 14.8. The summed E-state index contributed by atoms with van der Waals surface area (Å²) in [7, 11) is 0. The van der Waals surface area contributed by atoms with E-state index in [2.05, 4.69) is 33.2 Å². The number of hydrogen-bond acceptors (Lipinski definition) is 3. The van der Waals surface area contributed by atoms with E-state index in [4.69, 9.17) is 0 Å². The topological polar surface area (TPSA) is 38.7 Å². The van der Waals surface area contributed by atoms with E-state index in [1.807, 2.05) is 54.9 Å². The van der Waals surface area contributed by atoms with Crippen molar-refractivity contribution in [1.29, 1.82) is 0 Å². The van der Waals surface area contributed by atoms with Crippen LogP contribution in [0.2, 0.25) is 0 Å². The van der Waals surface area contributed by atoms with Gasteiger partial charge in [-0.3, -0.25) is 9.97 Å². The summed E-state index contributed by atoms with van der Waals surface area (Å²) < 4.78 is 0. The minimum atomic E-state index is 0.887. The van der Waals surface area contributed by atoms with Gasteiger partial charge >= 0.3 is 0 Å². The molecular formula is C19H13N3. The van der Waals surface area contributed by atoms with E-state index in [1.165, 1.54) is 0 Å². The molecule has 0 aliphatic heterocycles. The molecule has 0 amide bonds. The third-order valence-electron chi connectivity index (χ3n) is 3.57. The maximum Gasteiger partial charge on any atom is 0.100 e. The number of aromatic nitrogens is 3. The van der Waals surface area contributed by atoms with Gasteiger partial charge in [-0.15, -0.1) is 0 Å². The van der Waals surface area contributed by atoms with Gasteiger partial charge in [0.25, 0.3) is 0 Å². The van der Waals surface area contributed by atoms with Crippen molar-refractivity contribution >= 4 is 32.7 Å². The van der Waals surface area contributed by atoms with Crippen LogP contribution >= 0.6 is 0 Å². The third-order valence-corrected chi connectivity index (χ3v) is 3.57.